The van der Waals surface area contributed by atoms with Gasteiger partial charge in [0.25, 0.3) is 0 Å². The highest BCUT2D eigenvalue weighted by Crippen LogP contribution is 2.27. The summed E-state index contributed by atoms with van der Waals surface area (Å²) in [6.07, 6.45) is 1.49. The van der Waals surface area contributed by atoms with Crippen LogP contribution in [0, 0.1) is 11.8 Å². The van der Waals surface area contributed by atoms with E-state index < -0.39 is 6.10 Å². The van der Waals surface area contributed by atoms with Crippen molar-refractivity contribution in [2.75, 3.05) is 27.6 Å². The number of methoxy groups -OCH3 is 2. The second kappa shape index (κ2) is 9.16. The molecule has 20 heavy (non-hydrogen) atoms. The Kier molecular flexibility index (Phi) is 7.44. The molecule has 0 amide bonds. The molecule has 4 heteroatoms. The summed E-state index contributed by atoms with van der Waals surface area (Å²) in [5.41, 5.74) is 1.62. The number of aliphatic hydroxyl groups is 1. The third-order valence-electron chi connectivity index (χ3n) is 2.65. The average molecular weight is 276 g/mol. The molecule has 0 saturated carbocycles. The molecule has 0 radical (unpaired) electrons. The van der Waals surface area contributed by atoms with Gasteiger partial charge in [-0.3, -0.25) is 0 Å². The smallest absolute Gasteiger partial charge is 0.147 e. The van der Waals surface area contributed by atoms with Crippen molar-refractivity contribution in [2.24, 2.45) is 0 Å². The van der Waals surface area contributed by atoms with Gasteiger partial charge in [-0.2, -0.15) is 0 Å². The Bertz CT molecular complexity index is 485. The highest BCUT2D eigenvalue weighted by molar-refractivity contribution is 5.44. The topological polar surface area (TPSA) is 47.9 Å². The number of aliphatic hydroxyl groups excluding tert-OH is 1. The lowest BCUT2D eigenvalue weighted by Crippen LogP contribution is -2.03. The molecule has 1 aromatic rings. The molecule has 0 heterocycles. The Morgan fingerprint density at radius 3 is 2.85 bits per heavy atom. The van der Waals surface area contributed by atoms with E-state index in [2.05, 4.69) is 18.4 Å². The van der Waals surface area contributed by atoms with Crippen molar-refractivity contribution in [3.63, 3.8) is 0 Å². The van der Waals surface area contributed by atoms with Gasteiger partial charge >= 0.3 is 0 Å². The van der Waals surface area contributed by atoms with Gasteiger partial charge in [0, 0.05) is 12.7 Å². The van der Waals surface area contributed by atoms with Crippen LogP contribution in [0.3, 0.4) is 0 Å². The molecule has 1 atom stereocenters. The third-order valence-corrected chi connectivity index (χ3v) is 2.65. The summed E-state index contributed by atoms with van der Waals surface area (Å²) < 4.78 is 15.1. The fourth-order valence-electron chi connectivity index (χ4n) is 1.78. The monoisotopic (exact) mass is 276 g/mol. The predicted molar refractivity (Wildman–Crippen MR) is 77.5 cm³/mol. The van der Waals surface area contributed by atoms with E-state index in [0.29, 0.717) is 6.42 Å². The Balaban J connectivity index is 2.85. The first-order chi connectivity index (χ1) is 9.74. The molecule has 0 aliphatic rings. The van der Waals surface area contributed by atoms with Crippen molar-refractivity contribution in [2.45, 2.75) is 12.5 Å². The van der Waals surface area contributed by atoms with Gasteiger partial charge in [-0.1, -0.05) is 30.0 Å². The van der Waals surface area contributed by atoms with Crippen LogP contribution < -0.4 is 4.74 Å². The maximum atomic E-state index is 10.2. The maximum absolute atomic E-state index is 10.2. The number of allylic oxidation sites excluding steroid dienone is 1. The van der Waals surface area contributed by atoms with Crippen LogP contribution in [0.5, 0.6) is 5.75 Å². The normalized spacial score (nSPS) is 11.3. The fourth-order valence-corrected chi connectivity index (χ4v) is 1.78. The van der Waals surface area contributed by atoms with Gasteiger partial charge in [0.1, 0.15) is 25.3 Å². The Hall–Kier alpha value is -1.80. The summed E-state index contributed by atoms with van der Waals surface area (Å²) in [5, 5.41) is 10.2. The Morgan fingerprint density at radius 1 is 1.40 bits per heavy atom. The van der Waals surface area contributed by atoms with Gasteiger partial charge in [0.05, 0.1) is 7.11 Å². The lowest BCUT2D eigenvalue weighted by Gasteiger charge is -2.14. The van der Waals surface area contributed by atoms with Crippen LogP contribution in [-0.4, -0.2) is 32.7 Å². The van der Waals surface area contributed by atoms with Crippen molar-refractivity contribution in [1.82, 2.24) is 0 Å². The lowest BCUT2D eigenvalue weighted by atomic mass is 9.99. The van der Waals surface area contributed by atoms with Crippen molar-refractivity contribution < 1.29 is 19.3 Å². The molecule has 1 rings (SSSR count). The van der Waals surface area contributed by atoms with E-state index in [1.807, 2.05) is 18.2 Å². The van der Waals surface area contributed by atoms with Gasteiger partial charge in [-0.15, -0.1) is 6.58 Å². The molecule has 0 aliphatic heterocycles. The van der Waals surface area contributed by atoms with Crippen LogP contribution in [0.4, 0.5) is 0 Å². The Morgan fingerprint density at radius 2 is 2.20 bits per heavy atom. The zero-order valence-electron chi connectivity index (χ0n) is 11.9. The molecule has 0 bridgehead atoms. The van der Waals surface area contributed by atoms with Crippen molar-refractivity contribution in [3.8, 4) is 17.6 Å². The number of benzene rings is 1. The lowest BCUT2D eigenvalue weighted by molar-refractivity contribution is -0.0166. The standard InChI is InChI=1S/C16H20O4/c1-4-7-14-13(8-5-10-16(14)19-3)15(17)9-6-11-20-12-18-2/h4-5,8,10,15,17H,1,7,11-12H2,2-3H3/t15-/m0/s1. The first-order valence-corrected chi connectivity index (χ1v) is 6.24. The van der Waals surface area contributed by atoms with E-state index in [0.717, 1.165) is 16.9 Å². The van der Waals surface area contributed by atoms with Crippen LogP contribution in [0.2, 0.25) is 0 Å². The minimum atomic E-state index is -0.883. The minimum absolute atomic E-state index is 0.186. The zero-order chi connectivity index (χ0) is 14.8. The second-order valence-corrected chi connectivity index (χ2v) is 4.00. The van der Waals surface area contributed by atoms with Crippen LogP contribution in [-0.2, 0) is 15.9 Å². The summed E-state index contributed by atoms with van der Waals surface area (Å²) in [6, 6.07) is 5.51. The third kappa shape index (κ3) is 4.71. The molecule has 0 fully saturated rings. The summed E-state index contributed by atoms with van der Waals surface area (Å²) in [6.45, 7) is 4.12. The molecular weight excluding hydrogens is 256 g/mol. The van der Waals surface area contributed by atoms with Gasteiger partial charge in [-0.05, 0) is 18.1 Å². The SMILES string of the molecule is C=CCc1c(OC)cccc1[C@@H](O)C#CCOCOC. The van der Waals surface area contributed by atoms with E-state index in [9.17, 15) is 5.11 Å². The molecule has 0 unspecified atom stereocenters. The minimum Gasteiger partial charge on any atom is -0.496 e. The highest BCUT2D eigenvalue weighted by Gasteiger charge is 2.13. The van der Waals surface area contributed by atoms with E-state index in [1.54, 1.807) is 20.3 Å². The first-order valence-electron chi connectivity index (χ1n) is 6.24. The van der Waals surface area contributed by atoms with E-state index >= 15 is 0 Å². The first kappa shape index (κ1) is 16.3. The van der Waals surface area contributed by atoms with Crippen molar-refractivity contribution in [1.29, 1.82) is 0 Å². The van der Waals surface area contributed by atoms with Gasteiger partial charge in [-0.25, -0.2) is 0 Å². The average Bonchev–Trinajstić information content (AvgIpc) is 2.47. The molecule has 1 N–H and O–H groups in total. The molecule has 0 aromatic heterocycles. The maximum Gasteiger partial charge on any atom is 0.147 e. The van der Waals surface area contributed by atoms with Crippen LogP contribution in [0.1, 0.15) is 17.2 Å². The van der Waals surface area contributed by atoms with Gasteiger partial charge in [0.2, 0.25) is 0 Å². The molecule has 1 aromatic carbocycles. The molecular formula is C16H20O4. The van der Waals surface area contributed by atoms with Gasteiger partial charge < -0.3 is 19.3 Å². The molecule has 108 valence electrons. The summed E-state index contributed by atoms with van der Waals surface area (Å²) in [4.78, 5) is 0. The summed E-state index contributed by atoms with van der Waals surface area (Å²) >= 11 is 0. The number of rotatable bonds is 7. The summed E-state index contributed by atoms with van der Waals surface area (Å²) in [7, 11) is 3.14. The molecule has 0 spiro atoms. The largest absolute Gasteiger partial charge is 0.496 e. The van der Waals surface area contributed by atoms with Crippen molar-refractivity contribution in [3.05, 3.63) is 42.0 Å². The van der Waals surface area contributed by atoms with Crippen LogP contribution in [0.15, 0.2) is 30.9 Å². The number of hydrogen-bond acceptors (Lipinski definition) is 4. The molecule has 4 nitrogen and oxygen atoms in total. The van der Waals surface area contributed by atoms with E-state index in [-0.39, 0.29) is 13.4 Å². The van der Waals surface area contributed by atoms with Crippen LogP contribution >= 0.6 is 0 Å². The predicted octanol–water partition coefficient (Wildman–Crippen LogP) is 2.08. The zero-order valence-corrected chi connectivity index (χ0v) is 11.9. The fraction of sp³-hybridized carbons (Fsp3) is 0.375. The van der Waals surface area contributed by atoms with E-state index in [1.165, 1.54) is 0 Å². The van der Waals surface area contributed by atoms with E-state index in [4.69, 9.17) is 14.2 Å². The van der Waals surface area contributed by atoms with Gasteiger partial charge in [0.15, 0.2) is 0 Å². The molecule has 0 aliphatic carbocycles. The number of ether oxygens (including phenoxy) is 3. The quantitative estimate of drug-likeness (QED) is 0.358. The second-order valence-electron chi connectivity index (χ2n) is 4.00. The van der Waals surface area contributed by atoms with Crippen LogP contribution in [0.25, 0.3) is 0 Å². The van der Waals surface area contributed by atoms with Crippen molar-refractivity contribution >= 4 is 0 Å². The highest BCUT2D eigenvalue weighted by atomic mass is 16.7. The summed E-state index contributed by atoms with van der Waals surface area (Å²) in [5.74, 6) is 6.22. The molecule has 0 saturated heterocycles. The number of hydrogen-bond donors (Lipinski definition) is 1. The Labute approximate surface area is 120 Å².